The number of halogens is 1. The SMILES string of the molecule is CC(C)(C)OC(=O)NCCNC1=C\CCC=C(C=O)/C=C\1Cl. The Morgan fingerprint density at radius 2 is 2.00 bits per heavy atom. The van der Waals surface area contributed by atoms with Crippen molar-refractivity contribution < 1.29 is 14.3 Å². The van der Waals surface area contributed by atoms with Crippen LogP contribution in [0.15, 0.2) is 34.5 Å². The summed E-state index contributed by atoms with van der Waals surface area (Å²) in [7, 11) is 0. The number of carbonyl (C=O) groups is 2. The molecule has 5 nitrogen and oxygen atoms in total. The average molecular weight is 327 g/mol. The second kappa shape index (κ2) is 8.63. The maximum Gasteiger partial charge on any atom is 0.407 e. The summed E-state index contributed by atoms with van der Waals surface area (Å²) >= 11 is 6.18. The first-order chi connectivity index (χ1) is 10.3. The van der Waals surface area contributed by atoms with Crippen molar-refractivity contribution in [2.75, 3.05) is 13.1 Å². The van der Waals surface area contributed by atoms with Crippen LogP contribution in [0.3, 0.4) is 0 Å². The van der Waals surface area contributed by atoms with Crippen molar-refractivity contribution in [2.45, 2.75) is 39.2 Å². The molecule has 0 fully saturated rings. The Balaban J connectivity index is 2.42. The van der Waals surface area contributed by atoms with E-state index in [4.69, 9.17) is 16.3 Å². The number of aldehydes is 1. The minimum Gasteiger partial charge on any atom is -0.444 e. The molecule has 0 spiro atoms. The predicted molar refractivity (Wildman–Crippen MR) is 87.6 cm³/mol. The standard InChI is InChI=1S/C16H23ClN2O3/c1-16(2,3)22-15(21)19-9-8-18-14-7-5-4-6-12(11-20)10-13(14)17/h6-7,10-11,18H,4-5,8-9H2,1-3H3,(H,19,21)/b12-6?,13-10+,14-7-. The Hall–Kier alpha value is -1.75. The van der Waals surface area contributed by atoms with E-state index in [1.54, 1.807) is 6.08 Å². The van der Waals surface area contributed by atoms with E-state index in [2.05, 4.69) is 10.6 Å². The molecule has 6 heteroatoms. The zero-order valence-corrected chi connectivity index (χ0v) is 14.0. The fraction of sp³-hybridized carbons (Fsp3) is 0.500. The number of ether oxygens (including phenoxy) is 1. The number of alkyl carbamates (subject to hydrolysis) is 1. The number of allylic oxidation sites excluding steroid dienone is 5. The third-order valence-corrected chi connectivity index (χ3v) is 3.00. The quantitative estimate of drug-likeness (QED) is 0.602. The summed E-state index contributed by atoms with van der Waals surface area (Å²) in [5.74, 6) is 0. The number of rotatable bonds is 5. The van der Waals surface area contributed by atoms with Crippen LogP contribution >= 0.6 is 11.6 Å². The van der Waals surface area contributed by atoms with Gasteiger partial charge in [0.2, 0.25) is 0 Å². The minimum atomic E-state index is -0.511. The Morgan fingerprint density at radius 1 is 1.32 bits per heavy atom. The topological polar surface area (TPSA) is 67.4 Å². The van der Waals surface area contributed by atoms with Crippen LogP contribution in [0, 0.1) is 0 Å². The number of hydrogen-bond donors (Lipinski definition) is 2. The number of nitrogens with one attached hydrogen (secondary N) is 2. The third kappa shape index (κ3) is 7.31. The second-order valence-electron chi connectivity index (χ2n) is 5.86. The Kier molecular flexibility index (Phi) is 7.18. The summed E-state index contributed by atoms with van der Waals surface area (Å²) in [5, 5.41) is 6.29. The highest BCUT2D eigenvalue weighted by Crippen LogP contribution is 2.18. The van der Waals surface area contributed by atoms with Crippen LogP contribution in [-0.2, 0) is 9.53 Å². The summed E-state index contributed by atoms with van der Waals surface area (Å²) in [4.78, 5) is 22.4. The van der Waals surface area contributed by atoms with Crippen molar-refractivity contribution in [1.82, 2.24) is 10.6 Å². The summed E-state index contributed by atoms with van der Waals surface area (Å²) in [6.45, 7) is 6.36. The van der Waals surface area contributed by atoms with Crippen molar-refractivity contribution in [3.05, 3.63) is 34.5 Å². The maximum absolute atomic E-state index is 11.5. The van der Waals surface area contributed by atoms with E-state index < -0.39 is 11.7 Å². The van der Waals surface area contributed by atoms with Gasteiger partial charge in [0.1, 0.15) is 11.9 Å². The van der Waals surface area contributed by atoms with Gasteiger partial charge in [0.05, 0.1) is 5.03 Å². The van der Waals surface area contributed by atoms with Gasteiger partial charge < -0.3 is 15.4 Å². The Bertz CT molecular complexity index is 502. The number of hydrogen-bond acceptors (Lipinski definition) is 4. The minimum absolute atomic E-state index is 0.410. The molecule has 0 saturated heterocycles. The molecule has 0 unspecified atom stereocenters. The average Bonchev–Trinajstić information content (AvgIpc) is 2.39. The van der Waals surface area contributed by atoms with E-state index in [1.165, 1.54) is 0 Å². The molecule has 1 rings (SSSR count). The van der Waals surface area contributed by atoms with Gasteiger partial charge in [-0.1, -0.05) is 23.8 Å². The zero-order chi connectivity index (χ0) is 16.6. The lowest BCUT2D eigenvalue weighted by molar-refractivity contribution is -0.104. The molecule has 0 heterocycles. The van der Waals surface area contributed by atoms with Crippen molar-refractivity contribution in [3.63, 3.8) is 0 Å². The maximum atomic E-state index is 11.5. The highest BCUT2D eigenvalue weighted by molar-refractivity contribution is 6.32. The van der Waals surface area contributed by atoms with Crippen molar-refractivity contribution >= 4 is 24.0 Å². The molecule has 0 radical (unpaired) electrons. The molecule has 122 valence electrons. The molecule has 0 saturated carbocycles. The summed E-state index contributed by atoms with van der Waals surface area (Å²) in [6.07, 6.45) is 7.38. The van der Waals surface area contributed by atoms with Crippen LogP contribution in [0.2, 0.25) is 0 Å². The molecule has 0 aromatic carbocycles. The van der Waals surface area contributed by atoms with E-state index in [1.807, 2.05) is 32.9 Å². The molecule has 0 aromatic rings. The molecule has 0 atom stereocenters. The van der Waals surface area contributed by atoms with Crippen molar-refractivity contribution in [1.29, 1.82) is 0 Å². The van der Waals surface area contributed by atoms with Crippen molar-refractivity contribution in [3.8, 4) is 0 Å². The smallest absolute Gasteiger partial charge is 0.407 e. The van der Waals surface area contributed by atoms with Crippen LogP contribution in [-0.4, -0.2) is 31.1 Å². The van der Waals surface area contributed by atoms with Gasteiger partial charge in [-0.15, -0.1) is 0 Å². The van der Waals surface area contributed by atoms with Gasteiger partial charge >= 0.3 is 6.09 Å². The molecule has 0 bridgehead atoms. The van der Waals surface area contributed by atoms with Gasteiger partial charge in [0, 0.05) is 24.4 Å². The van der Waals surface area contributed by atoms with Gasteiger partial charge in [-0.05, 0) is 39.7 Å². The monoisotopic (exact) mass is 326 g/mol. The van der Waals surface area contributed by atoms with E-state index >= 15 is 0 Å². The van der Waals surface area contributed by atoms with Crippen LogP contribution < -0.4 is 10.6 Å². The van der Waals surface area contributed by atoms with Gasteiger partial charge in [-0.25, -0.2) is 4.79 Å². The Labute approximate surface area is 136 Å². The largest absolute Gasteiger partial charge is 0.444 e. The molecular formula is C16H23ClN2O3. The highest BCUT2D eigenvalue weighted by Gasteiger charge is 2.15. The molecule has 1 amide bonds. The molecule has 0 aliphatic heterocycles. The van der Waals surface area contributed by atoms with Crippen LogP contribution in [0.25, 0.3) is 0 Å². The molecule has 2 N–H and O–H groups in total. The summed E-state index contributed by atoms with van der Waals surface area (Å²) < 4.78 is 5.14. The third-order valence-electron chi connectivity index (χ3n) is 2.69. The van der Waals surface area contributed by atoms with Gasteiger partial charge in [-0.3, -0.25) is 4.79 Å². The van der Waals surface area contributed by atoms with Gasteiger partial charge in [-0.2, -0.15) is 0 Å². The normalized spacial score (nSPS) is 20.3. The van der Waals surface area contributed by atoms with Crippen LogP contribution in [0.4, 0.5) is 4.79 Å². The predicted octanol–water partition coefficient (Wildman–Crippen LogP) is 3.03. The van der Waals surface area contributed by atoms with E-state index in [0.29, 0.717) is 23.7 Å². The van der Waals surface area contributed by atoms with Gasteiger partial charge in [0.25, 0.3) is 0 Å². The lowest BCUT2D eigenvalue weighted by atomic mass is 10.1. The summed E-state index contributed by atoms with van der Waals surface area (Å²) in [5.41, 5.74) is 0.827. The molecule has 22 heavy (non-hydrogen) atoms. The van der Waals surface area contributed by atoms with Crippen LogP contribution in [0.5, 0.6) is 0 Å². The van der Waals surface area contributed by atoms with E-state index in [0.717, 1.165) is 24.8 Å². The lowest BCUT2D eigenvalue weighted by Gasteiger charge is -2.20. The molecule has 0 aromatic heterocycles. The van der Waals surface area contributed by atoms with Crippen LogP contribution in [0.1, 0.15) is 33.6 Å². The fourth-order valence-electron chi connectivity index (χ4n) is 1.77. The first kappa shape index (κ1) is 18.3. The first-order valence-corrected chi connectivity index (χ1v) is 7.63. The summed E-state index contributed by atoms with van der Waals surface area (Å²) in [6, 6.07) is 0. The van der Waals surface area contributed by atoms with E-state index in [9.17, 15) is 9.59 Å². The lowest BCUT2D eigenvalue weighted by Crippen LogP contribution is -2.36. The number of amides is 1. The fourth-order valence-corrected chi connectivity index (χ4v) is 2.04. The Morgan fingerprint density at radius 3 is 2.64 bits per heavy atom. The zero-order valence-electron chi connectivity index (χ0n) is 13.2. The second-order valence-corrected chi connectivity index (χ2v) is 6.27. The first-order valence-electron chi connectivity index (χ1n) is 7.25. The van der Waals surface area contributed by atoms with Gasteiger partial charge in [0.15, 0.2) is 0 Å². The van der Waals surface area contributed by atoms with E-state index in [-0.39, 0.29) is 0 Å². The highest BCUT2D eigenvalue weighted by atomic mass is 35.5. The van der Waals surface area contributed by atoms with Crippen molar-refractivity contribution in [2.24, 2.45) is 0 Å². The molecular weight excluding hydrogens is 304 g/mol. The molecule has 1 aliphatic rings. The number of carbonyl (C=O) groups excluding carboxylic acids is 2. The molecule has 1 aliphatic carbocycles.